The Bertz CT molecular complexity index is 1510. The summed E-state index contributed by atoms with van der Waals surface area (Å²) in [7, 11) is 0. The van der Waals surface area contributed by atoms with E-state index in [0.29, 0.717) is 42.9 Å². The lowest BCUT2D eigenvalue weighted by Gasteiger charge is -2.39. The van der Waals surface area contributed by atoms with Gasteiger partial charge in [0, 0.05) is 32.6 Å². The van der Waals surface area contributed by atoms with Gasteiger partial charge < -0.3 is 20.4 Å². The number of amides is 4. The number of rotatable bonds is 4. The molecule has 1 atom stereocenters. The molecule has 0 bridgehead atoms. The van der Waals surface area contributed by atoms with Crippen molar-refractivity contribution in [3.8, 4) is 0 Å². The largest absolute Gasteiger partial charge is 0.352 e. The third-order valence-corrected chi connectivity index (χ3v) is 8.32. The van der Waals surface area contributed by atoms with Crippen molar-refractivity contribution in [1.82, 2.24) is 30.4 Å². The number of nitrogens with one attached hydrogen (secondary N) is 2. The molecule has 2 aliphatic rings. The van der Waals surface area contributed by atoms with Crippen molar-refractivity contribution in [2.24, 2.45) is 5.92 Å². The number of para-hydroxylation sites is 2. The van der Waals surface area contributed by atoms with Gasteiger partial charge in [-0.1, -0.05) is 50.2 Å². The van der Waals surface area contributed by atoms with Gasteiger partial charge in [0.15, 0.2) is 0 Å². The number of hydrogen-bond acceptors (Lipinski definition) is 6. The summed E-state index contributed by atoms with van der Waals surface area (Å²) >= 11 is 0. The minimum atomic E-state index is -1.26. The molecule has 1 aromatic heterocycles. The summed E-state index contributed by atoms with van der Waals surface area (Å²) in [6, 6.07) is 15.1. The van der Waals surface area contributed by atoms with Gasteiger partial charge >= 0.3 is 0 Å². The van der Waals surface area contributed by atoms with Crippen LogP contribution in [0.15, 0.2) is 54.7 Å². The van der Waals surface area contributed by atoms with Gasteiger partial charge in [-0.15, -0.1) is 0 Å². The van der Waals surface area contributed by atoms with Gasteiger partial charge in [0.1, 0.15) is 11.2 Å². The van der Waals surface area contributed by atoms with Gasteiger partial charge in [-0.25, -0.2) is 4.98 Å². The minimum Gasteiger partial charge on any atom is -0.352 e. The summed E-state index contributed by atoms with van der Waals surface area (Å²) < 4.78 is 0. The van der Waals surface area contributed by atoms with E-state index in [1.54, 1.807) is 9.80 Å². The summed E-state index contributed by atoms with van der Waals surface area (Å²) in [6.45, 7) is 5.16. The Morgan fingerprint density at radius 1 is 0.977 bits per heavy atom. The molecule has 2 aromatic carbocycles. The molecule has 1 aliphatic heterocycles. The molecule has 1 fully saturated rings. The van der Waals surface area contributed by atoms with Crippen molar-refractivity contribution < 1.29 is 19.2 Å². The third-order valence-electron chi connectivity index (χ3n) is 8.32. The summed E-state index contributed by atoms with van der Waals surface area (Å²) in [6.07, 6.45) is 4.81. The average molecular weight is 585 g/mol. The zero-order chi connectivity index (χ0) is 30.4. The SMILES string of the molecule is CC(C)CCN1CC(=O)NC2(CCCc3ccccc32)C(=O)NCCN(C(=O)c2cnc3ccccc3n2)CCCC1=O. The first-order valence-electron chi connectivity index (χ1n) is 15.2. The van der Waals surface area contributed by atoms with E-state index in [1.807, 2.05) is 48.5 Å². The van der Waals surface area contributed by atoms with Crippen molar-refractivity contribution in [2.45, 2.75) is 57.9 Å². The van der Waals surface area contributed by atoms with Crippen LogP contribution < -0.4 is 10.6 Å². The highest BCUT2D eigenvalue weighted by Crippen LogP contribution is 2.36. The Morgan fingerprint density at radius 2 is 1.74 bits per heavy atom. The Balaban J connectivity index is 1.44. The van der Waals surface area contributed by atoms with Crippen molar-refractivity contribution in [2.75, 3.05) is 32.7 Å². The van der Waals surface area contributed by atoms with Crippen molar-refractivity contribution in [3.63, 3.8) is 0 Å². The smallest absolute Gasteiger partial charge is 0.274 e. The van der Waals surface area contributed by atoms with Crippen LogP contribution in [0.1, 0.15) is 67.6 Å². The maximum absolute atomic E-state index is 14.0. The number of benzene rings is 2. The molecule has 1 aliphatic carbocycles. The fraction of sp³-hybridized carbons (Fsp3) is 0.455. The van der Waals surface area contributed by atoms with Crippen molar-refractivity contribution in [3.05, 3.63) is 71.5 Å². The molecule has 226 valence electrons. The number of nitrogens with zero attached hydrogens (tertiary/aromatic N) is 4. The molecule has 1 spiro atoms. The molecule has 2 heterocycles. The van der Waals surface area contributed by atoms with Crippen molar-refractivity contribution in [1.29, 1.82) is 0 Å². The molecular formula is C33H40N6O4. The summed E-state index contributed by atoms with van der Waals surface area (Å²) in [5.74, 6) is -0.777. The maximum Gasteiger partial charge on any atom is 0.274 e. The average Bonchev–Trinajstić information content (AvgIpc) is 3.01. The van der Waals surface area contributed by atoms with Gasteiger partial charge in [-0.05, 0) is 61.3 Å². The fourth-order valence-corrected chi connectivity index (χ4v) is 5.98. The standard InChI is InChI=1S/C33H40N6O4/c1-23(2)15-19-39-22-29(40)37-33(16-7-10-24-9-3-4-11-25(24)33)32(43)34-17-20-38(18-8-14-30(39)41)31(42)28-21-35-26-12-5-6-13-27(26)36-28/h3-6,9,11-13,21,23H,7-8,10,14-20,22H2,1-2H3,(H,34,43)(H,37,40). The first-order valence-corrected chi connectivity index (χ1v) is 15.2. The van der Waals surface area contributed by atoms with E-state index in [4.69, 9.17) is 0 Å². The molecule has 0 saturated carbocycles. The number of carbonyl (C=O) groups is 4. The van der Waals surface area contributed by atoms with Gasteiger partial charge in [0.2, 0.25) is 11.8 Å². The molecule has 1 saturated heterocycles. The second-order valence-corrected chi connectivity index (χ2v) is 11.9. The lowest BCUT2D eigenvalue weighted by Crippen LogP contribution is -2.60. The van der Waals surface area contributed by atoms with E-state index in [2.05, 4.69) is 34.4 Å². The lowest BCUT2D eigenvalue weighted by atomic mass is 9.75. The molecular weight excluding hydrogens is 544 g/mol. The molecule has 3 aromatic rings. The second-order valence-electron chi connectivity index (χ2n) is 11.9. The van der Waals surface area contributed by atoms with Gasteiger partial charge in [-0.3, -0.25) is 24.2 Å². The molecule has 1 unspecified atom stereocenters. The summed E-state index contributed by atoms with van der Waals surface area (Å²) in [5.41, 5.74) is 2.05. The normalized spacial score (nSPS) is 20.5. The van der Waals surface area contributed by atoms with E-state index in [1.165, 1.54) is 6.20 Å². The van der Waals surface area contributed by atoms with Gasteiger partial charge in [0.05, 0.1) is 23.8 Å². The van der Waals surface area contributed by atoms with E-state index in [-0.39, 0.29) is 55.4 Å². The number of aryl methyl sites for hydroxylation is 1. The first-order chi connectivity index (χ1) is 20.8. The Hall–Kier alpha value is -4.34. The van der Waals surface area contributed by atoms with Crippen LogP contribution in [-0.2, 0) is 26.3 Å². The topological polar surface area (TPSA) is 125 Å². The quantitative estimate of drug-likeness (QED) is 0.485. The van der Waals surface area contributed by atoms with Crippen LogP contribution in [0.25, 0.3) is 11.0 Å². The molecule has 5 rings (SSSR count). The predicted molar refractivity (Wildman–Crippen MR) is 163 cm³/mol. The van der Waals surface area contributed by atoms with Crippen LogP contribution >= 0.6 is 0 Å². The second kappa shape index (κ2) is 13.3. The van der Waals surface area contributed by atoms with E-state index >= 15 is 0 Å². The zero-order valence-electron chi connectivity index (χ0n) is 25.0. The number of fused-ring (bicyclic) bond motifs is 3. The Morgan fingerprint density at radius 3 is 2.56 bits per heavy atom. The molecule has 43 heavy (non-hydrogen) atoms. The van der Waals surface area contributed by atoms with Crippen LogP contribution in [0.5, 0.6) is 0 Å². The van der Waals surface area contributed by atoms with Crippen LogP contribution in [0.3, 0.4) is 0 Å². The maximum atomic E-state index is 14.0. The minimum absolute atomic E-state index is 0.127. The monoisotopic (exact) mass is 584 g/mol. The molecule has 10 heteroatoms. The van der Waals surface area contributed by atoms with E-state index in [9.17, 15) is 19.2 Å². The molecule has 2 N–H and O–H groups in total. The van der Waals surface area contributed by atoms with Crippen LogP contribution in [0.4, 0.5) is 0 Å². The zero-order valence-corrected chi connectivity index (χ0v) is 25.0. The third kappa shape index (κ3) is 6.84. The summed E-state index contributed by atoms with van der Waals surface area (Å²) in [5, 5.41) is 6.08. The molecule has 0 radical (unpaired) electrons. The Kier molecular flexibility index (Phi) is 9.33. The predicted octanol–water partition coefficient (Wildman–Crippen LogP) is 3.20. The van der Waals surface area contributed by atoms with E-state index in [0.717, 1.165) is 30.4 Å². The van der Waals surface area contributed by atoms with Gasteiger partial charge in [-0.2, -0.15) is 0 Å². The van der Waals surface area contributed by atoms with Gasteiger partial charge in [0.25, 0.3) is 11.8 Å². The van der Waals surface area contributed by atoms with Crippen LogP contribution in [0.2, 0.25) is 0 Å². The highest BCUT2D eigenvalue weighted by Gasteiger charge is 2.44. The highest BCUT2D eigenvalue weighted by atomic mass is 16.2. The molecule has 4 amide bonds. The summed E-state index contributed by atoms with van der Waals surface area (Å²) in [4.78, 5) is 66.7. The van der Waals surface area contributed by atoms with Crippen LogP contribution in [0, 0.1) is 5.92 Å². The number of carbonyl (C=O) groups excluding carboxylic acids is 4. The van der Waals surface area contributed by atoms with E-state index < -0.39 is 5.54 Å². The van der Waals surface area contributed by atoms with Crippen LogP contribution in [-0.4, -0.2) is 76.1 Å². The number of hydrogen-bond donors (Lipinski definition) is 2. The fourth-order valence-electron chi connectivity index (χ4n) is 5.98. The first kappa shape index (κ1) is 30.1. The Labute approximate surface area is 252 Å². The highest BCUT2D eigenvalue weighted by molar-refractivity contribution is 5.95. The van der Waals surface area contributed by atoms with Crippen molar-refractivity contribution >= 4 is 34.7 Å². The number of aromatic nitrogens is 2. The lowest BCUT2D eigenvalue weighted by molar-refractivity contribution is -0.139. The molecule has 10 nitrogen and oxygen atoms in total.